The van der Waals surface area contributed by atoms with Gasteiger partial charge in [0, 0.05) is 110 Å². The fourth-order valence-electron chi connectivity index (χ4n) is 14.4. The van der Waals surface area contributed by atoms with Gasteiger partial charge in [0.25, 0.3) is 0 Å². The summed E-state index contributed by atoms with van der Waals surface area (Å²) in [6.45, 7) is 20.0. The number of hydrogen-bond acceptors (Lipinski definition) is 20. The molecule has 20 nitrogen and oxygen atoms in total. The van der Waals surface area contributed by atoms with Gasteiger partial charge in [0.1, 0.15) is 0 Å². The SMILES string of the molecule is CC1CCCCN1CCCNc1nc(NCCCN2CCCCC2C)nc(Nc2ccc(-c3ccc(Nc4nc(NCCCN5CCCCC5C)nc(NCCCN5CCCCC5C)n4)c4c3C(=O)c3ccccc3C4=O)c3c2C(=O)c2ccccc2C3=O)n1. The Bertz CT molecular complexity index is 3250. The molecule has 4 saturated heterocycles. The molecule has 4 fully saturated rings. The number of rotatable bonds is 25. The molecule has 12 rings (SSSR count). The van der Waals surface area contributed by atoms with Crippen molar-refractivity contribution in [2.75, 3.05) is 110 Å². The van der Waals surface area contributed by atoms with Gasteiger partial charge in [-0.2, -0.15) is 29.9 Å². The third-order valence-electron chi connectivity index (χ3n) is 19.6. The second kappa shape index (κ2) is 29.0. The van der Waals surface area contributed by atoms with E-state index in [1.165, 1.54) is 77.0 Å². The lowest BCUT2D eigenvalue weighted by Gasteiger charge is -2.33. The maximum absolute atomic E-state index is 15.3. The predicted octanol–water partition coefficient (Wildman–Crippen LogP) is 11.5. The number of fused-ring (bicyclic) bond motifs is 4. The summed E-state index contributed by atoms with van der Waals surface area (Å²) in [5.41, 5.74) is 2.55. The zero-order valence-electron chi connectivity index (χ0n) is 53.1. The minimum absolute atomic E-state index is 0.0868. The summed E-state index contributed by atoms with van der Waals surface area (Å²) in [4.78, 5) is 100. The van der Waals surface area contributed by atoms with Gasteiger partial charge in [-0.1, -0.05) is 86.3 Å². The minimum Gasteiger partial charge on any atom is -0.354 e. The van der Waals surface area contributed by atoms with Gasteiger partial charge in [-0.15, -0.1) is 0 Å². The van der Waals surface area contributed by atoms with Crippen molar-refractivity contribution in [1.82, 2.24) is 49.5 Å². The molecule has 4 aliphatic heterocycles. The topological polar surface area (TPSA) is 231 Å². The van der Waals surface area contributed by atoms with Crippen molar-refractivity contribution in [2.24, 2.45) is 0 Å². The molecule has 0 amide bonds. The first-order chi connectivity index (χ1) is 43.9. The number of nitrogens with one attached hydrogen (secondary N) is 6. The maximum atomic E-state index is 15.3. The van der Waals surface area contributed by atoms with E-state index >= 15 is 19.2 Å². The first kappa shape index (κ1) is 62.4. The molecule has 2 aliphatic carbocycles. The van der Waals surface area contributed by atoms with E-state index in [9.17, 15) is 0 Å². The highest BCUT2D eigenvalue weighted by Gasteiger charge is 2.39. The van der Waals surface area contributed by atoms with Crippen molar-refractivity contribution < 1.29 is 19.2 Å². The molecule has 4 aromatic carbocycles. The highest BCUT2D eigenvalue weighted by molar-refractivity contribution is 6.35. The molecule has 20 heteroatoms. The lowest BCUT2D eigenvalue weighted by Crippen LogP contribution is -2.38. The molecule has 0 spiro atoms. The first-order valence-corrected chi connectivity index (χ1v) is 33.6. The average molecular weight is 1220 g/mol. The molecular formula is C70H90N16O4. The summed E-state index contributed by atoms with van der Waals surface area (Å²) in [6, 6.07) is 22.7. The van der Waals surface area contributed by atoms with Crippen molar-refractivity contribution in [3.8, 4) is 11.1 Å². The van der Waals surface area contributed by atoms with E-state index in [0.717, 1.165) is 78.0 Å². The molecule has 4 unspecified atom stereocenters. The molecule has 6 aliphatic rings. The van der Waals surface area contributed by atoms with E-state index < -0.39 is 11.6 Å². The maximum Gasteiger partial charge on any atom is 0.233 e. The lowest BCUT2D eigenvalue weighted by atomic mass is 9.75. The summed E-state index contributed by atoms with van der Waals surface area (Å²) >= 11 is 0. The van der Waals surface area contributed by atoms with Gasteiger partial charge >= 0.3 is 0 Å². The van der Waals surface area contributed by atoms with Crippen LogP contribution < -0.4 is 31.9 Å². The molecule has 2 aromatic heterocycles. The average Bonchev–Trinajstić information content (AvgIpc) is 0.727. The highest BCUT2D eigenvalue weighted by atomic mass is 16.1. The minimum atomic E-state index is -0.405. The Labute approximate surface area is 530 Å². The molecule has 90 heavy (non-hydrogen) atoms. The number of hydrogen-bond donors (Lipinski definition) is 6. The van der Waals surface area contributed by atoms with Crippen LogP contribution in [0.15, 0.2) is 72.8 Å². The molecule has 4 atom stereocenters. The molecular weight excluding hydrogens is 1130 g/mol. The highest BCUT2D eigenvalue weighted by Crippen LogP contribution is 2.45. The van der Waals surface area contributed by atoms with Gasteiger partial charge in [0.2, 0.25) is 35.7 Å². The third kappa shape index (κ3) is 14.2. The first-order valence-electron chi connectivity index (χ1n) is 33.6. The monoisotopic (exact) mass is 1220 g/mol. The van der Waals surface area contributed by atoms with Gasteiger partial charge in [-0.25, -0.2) is 0 Å². The number of nitrogens with zero attached hydrogens (tertiary/aromatic N) is 10. The van der Waals surface area contributed by atoms with Crippen LogP contribution >= 0.6 is 0 Å². The summed E-state index contributed by atoms with van der Waals surface area (Å²) in [7, 11) is 0. The van der Waals surface area contributed by atoms with Gasteiger partial charge in [-0.05, 0) is 154 Å². The Balaban J connectivity index is 0.879. The number of carbonyl (C=O) groups is 4. The normalized spacial score (nSPS) is 20.6. The predicted molar refractivity (Wildman–Crippen MR) is 357 cm³/mol. The molecule has 6 heterocycles. The van der Waals surface area contributed by atoms with Crippen LogP contribution in [-0.4, -0.2) is 175 Å². The zero-order chi connectivity index (χ0) is 62.1. The van der Waals surface area contributed by atoms with Crippen LogP contribution in [0.3, 0.4) is 0 Å². The zero-order valence-corrected chi connectivity index (χ0v) is 53.1. The van der Waals surface area contributed by atoms with Crippen molar-refractivity contribution in [3.63, 3.8) is 0 Å². The van der Waals surface area contributed by atoms with E-state index in [1.54, 1.807) is 72.8 Å². The van der Waals surface area contributed by atoms with Crippen LogP contribution in [-0.2, 0) is 0 Å². The lowest BCUT2D eigenvalue weighted by molar-refractivity contribution is 0.0978. The Morgan fingerprint density at radius 2 is 0.600 bits per heavy atom. The van der Waals surface area contributed by atoms with E-state index in [4.69, 9.17) is 29.9 Å². The van der Waals surface area contributed by atoms with Crippen LogP contribution in [0.2, 0.25) is 0 Å². The fraction of sp³-hybridized carbons (Fsp3) is 0.514. The Morgan fingerprint density at radius 3 is 0.878 bits per heavy atom. The van der Waals surface area contributed by atoms with Crippen LogP contribution in [0, 0.1) is 0 Å². The van der Waals surface area contributed by atoms with Gasteiger partial charge < -0.3 is 51.5 Å². The Morgan fingerprint density at radius 1 is 0.333 bits per heavy atom. The largest absolute Gasteiger partial charge is 0.354 e. The second-order valence-electron chi connectivity index (χ2n) is 25.7. The quantitative estimate of drug-likeness (QED) is 0.0292. The molecule has 0 radical (unpaired) electrons. The van der Waals surface area contributed by atoms with Gasteiger partial charge in [0.05, 0.1) is 22.5 Å². The van der Waals surface area contributed by atoms with Crippen molar-refractivity contribution in [3.05, 3.63) is 117 Å². The van der Waals surface area contributed by atoms with Crippen molar-refractivity contribution in [1.29, 1.82) is 0 Å². The van der Waals surface area contributed by atoms with Crippen LogP contribution in [0.4, 0.5) is 47.1 Å². The Kier molecular flexibility index (Phi) is 20.1. The standard InChI is InChI=1S/C70H90N16O4/c1-45-21-9-13-37-83(45)41-17-33-71-65-77-66(72-34-18-42-84-38-14-10-22-46(84)2)80-69(79-65)75-55-31-29-49(57-59(55)63(89)53-27-7-5-25-51(53)61(57)87)50-30-32-56(60-58(50)62(88)52-26-6-8-28-54(52)64(60)90)76-70-81-67(73-35-19-43-85-39-15-11-23-47(85)3)78-68(82-70)74-36-20-44-86-40-16-12-24-48(86)4/h5-8,25-32,45-48H,9-24,33-44H2,1-4H3,(H3,71,72,75,77,79,80)(H3,73,74,76,78,81,82). The van der Waals surface area contributed by atoms with E-state index in [2.05, 4.69) is 79.2 Å². The summed E-state index contributed by atoms with van der Waals surface area (Å²) in [5.74, 6) is 0.273. The smallest absolute Gasteiger partial charge is 0.233 e. The summed E-state index contributed by atoms with van der Waals surface area (Å²) in [5, 5.41) is 20.6. The van der Waals surface area contributed by atoms with Gasteiger partial charge in [0.15, 0.2) is 23.1 Å². The second-order valence-corrected chi connectivity index (χ2v) is 25.7. The molecule has 474 valence electrons. The summed E-state index contributed by atoms with van der Waals surface area (Å²) < 4.78 is 0. The molecule has 0 bridgehead atoms. The fourth-order valence-corrected chi connectivity index (χ4v) is 14.4. The number of piperidine rings is 4. The molecule has 0 saturated carbocycles. The Hall–Kier alpha value is -7.78. The number of anilines is 8. The number of likely N-dealkylation sites (tertiary alicyclic amines) is 4. The van der Waals surface area contributed by atoms with Crippen molar-refractivity contribution >= 4 is 70.2 Å². The van der Waals surface area contributed by atoms with E-state index in [1.807, 2.05) is 0 Å². The number of benzene rings is 4. The summed E-state index contributed by atoms with van der Waals surface area (Å²) in [6.07, 6.45) is 18.4. The van der Waals surface area contributed by atoms with Gasteiger partial charge in [-0.3, -0.25) is 19.2 Å². The third-order valence-corrected chi connectivity index (χ3v) is 19.6. The van der Waals surface area contributed by atoms with E-state index in [-0.39, 0.29) is 68.0 Å². The van der Waals surface area contributed by atoms with E-state index in [0.29, 0.717) is 96.6 Å². The number of carbonyl (C=O) groups excluding carboxylic acids is 4. The van der Waals surface area contributed by atoms with Crippen LogP contribution in [0.5, 0.6) is 0 Å². The molecule has 6 N–H and O–H groups in total. The van der Waals surface area contributed by atoms with Crippen LogP contribution in [0.1, 0.15) is 194 Å². The number of aromatic nitrogens is 6. The van der Waals surface area contributed by atoms with Crippen molar-refractivity contribution in [2.45, 2.75) is 155 Å². The van der Waals surface area contributed by atoms with Crippen LogP contribution in [0.25, 0.3) is 11.1 Å². The molecule has 6 aromatic rings. The number of ketones is 4.